The molecule has 0 fully saturated rings. The molecule has 0 aliphatic heterocycles. The number of carbonyl (C=O) groups excluding carboxylic acids is 3. The lowest BCUT2D eigenvalue weighted by molar-refractivity contribution is -0.870. The normalized spacial score (nSPS) is 12.8. The van der Waals surface area contributed by atoms with Crippen molar-refractivity contribution in [3.63, 3.8) is 0 Å². The van der Waals surface area contributed by atoms with Gasteiger partial charge in [0.2, 0.25) is 0 Å². The van der Waals surface area contributed by atoms with Crippen LogP contribution in [-0.2, 0) is 33.3 Å². The Kier molecular flexibility index (Phi) is 65.5. The summed E-state index contributed by atoms with van der Waals surface area (Å²) < 4.78 is 22.8. The Morgan fingerprint density at radius 1 is 0.353 bits per heavy atom. The molecule has 500 valence electrons. The number of unbranched alkanes of at least 4 members (excludes halogenated alkanes) is 49. The Morgan fingerprint density at radius 2 is 0.635 bits per heavy atom. The second kappa shape index (κ2) is 67.4. The topological polar surface area (TPSA) is 111 Å². The lowest BCUT2D eigenvalue weighted by atomic mass is 10.0. The largest absolute Gasteiger partial charge is 0.545 e. The summed E-state index contributed by atoms with van der Waals surface area (Å²) in [5.74, 6) is -2.25. The van der Waals surface area contributed by atoms with Gasteiger partial charge in [-0.1, -0.05) is 346 Å². The molecule has 0 aromatic carbocycles. The van der Waals surface area contributed by atoms with Crippen molar-refractivity contribution in [1.82, 2.24) is 0 Å². The first-order valence-corrected chi connectivity index (χ1v) is 37.1. The van der Waals surface area contributed by atoms with Crippen LogP contribution in [0.25, 0.3) is 0 Å². The van der Waals surface area contributed by atoms with E-state index in [9.17, 15) is 19.5 Å². The number of allylic oxidation sites excluding steroid dienone is 6. The van der Waals surface area contributed by atoms with Crippen LogP contribution in [0.3, 0.4) is 0 Å². The zero-order valence-corrected chi connectivity index (χ0v) is 57.3. The summed E-state index contributed by atoms with van der Waals surface area (Å²) in [4.78, 5) is 37.5. The number of hydrogen-bond acceptors (Lipinski definition) is 8. The van der Waals surface area contributed by atoms with Gasteiger partial charge >= 0.3 is 11.9 Å². The highest BCUT2D eigenvalue weighted by atomic mass is 16.7. The number of rotatable bonds is 70. The summed E-state index contributed by atoms with van der Waals surface area (Å²) >= 11 is 0. The third kappa shape index (κ3) is 68.9. The second-order valence-electron chi connectivity index (χ2n) is 26.6. The number of carboxylic acids is 1. The van der Waals surface area contributed by atoms with Gasteiger partial charge in [-0.3, -0.25) is 9.59 Å². The standard InChI is InChI=1S/C76H143NO8/c1-6-8-10-12-14-16-18-20-22-24-26-27-28-29-30-31-32-33-34-35-36-37-38-39-40-41-42-43-44-45-46-47-49-51-53-55-57-59-61-63-65-67-74(79)85-72(71-84-76(75(80)81)82-69-68-77(3,4)5)70-83-73(78)66-64-62-60-58-56-54-52-50-48-25-23-21-19-17-15-13-11-9-7-2/h18,20,24,26,28-29,72,76H,6-17,19,21-23,25,27,30-71H2,1-5H3/b20-18-,26-24-,29-28-. The zero-order chi connectivity index (χ0) is 61.9. The maximum absolute atomic E-state index is 12.9. The summed E-state index contributed by atoms with van der Waals surface area (Å²) in [5, 5.41) is 11.8. The van der Waals surface area contributed by atoms with Crippen molar-refractivity contribution in [3.05, 3.63) is 36.5 Å². The van der Waals surface area contributed by atoms with E-state index in [1.165, 1.54) is 295 Å². The highest BCUT2D eigenvalue weighted by Crippen LogP contribution is 2.19. The minimum atomic E-state index is -1.62. The Bertz CT molecular complexity index is 1490. The van der Waals surface area contributed by atoms with E-state index in [0.29, 0.717) is 17.4 Å². The molecule has 9 heteroatoms. The van der Waals surface area contributed by atoms with Gasteiger partial charge in [0.05, 0.1) is 40.3 Å². The van der Waals surface area contributed by atoms with E-state index >= 15 is 0 Å². The fraction of sp³-hybridized carbons (Fsp3) is 0.882. The molecule has 0 spiro atoms. The Labute approximate surface area is 528 Å². The Balaban J connectivity index is 3.93. The molecule has 2 unspecified atom stereocenters. The molecule has 0 aliphatic carbocycles. The van der Waals surface area contributed by atoms with Crippen LogP contribution in [0.2, 0.25) is 0 Å². The van der Waals surface area contributed by atoms with Gasteiger partial charge in [-0.05, 0) is 51.4 Å². The number of hydrogen-bond donors (Lipinski definition) is 0. The SMILES string of the molecule is CCCCCCC/C=C\C/C=C\C/C=C\CCCCCCCCCCCCCCCCCCCCCCCCCCCCC(=O)OC(COC(=O)CCCCCCCCCCCCCCCCCCCCC)COC(OCC[N+](C)(C)C)C(=O)[O-]. The second-order valence-corrected chi connectivity index (χ2v) is 26.6. The molecule has 0 bridgehead atoms. The van der Waals surface area contributed by atoms with Crippen molar-refractivity contribution < 1.29 is 42.9 Å². The molecular weight excluding hydrogens is 1050 g/mol. The fourth-order valence-corrected chi connectivity index (χ4v) is 11.2. The van der Waals surface area contributed by atoms with Gasteiger partial charge in [0.25, 0.3) is 0 Å². The molecule has 85 heavy (non-hydrogen) atoms. The maximum atomic E-state index is 12.9. The van der Waals surface area contributed by atoms with Gasteiger partial charge in [-0.15, -0.1) is 0 Å². The van der Waals surface area contributed by atoms with Crippen LogP contribution in [-0.4, -0.2) is 82.3 Å². The molecule has 0 N–H and O–H groups in total. The Hall–Kier alpha value is -2.49. The third-order valence-electron chi connectivity index (χ3n) is 16.9. The van der Waals surface area contributed by atoms with E-state index in [1.54, 1.807) is 0 Å². The molecular formula is C76H143NO8. The first-order chi connectivity index (χ1) is 41.6. The van der Waals surface area contributed by atoms with Crippen molar-refractivity contribution >= 4 is 17.9 Å². The molecule has 0 saturated heterocycles. The van der Waals surface area contributed by atoms with Crippen LogP contribution in [0.15, 0.2) is 36.5 Å². The minimum absolute atomic E-state index is 0.152. The van der Waals surface area contributed by atoms with Gasteiger partial charge in [0.1, 0.15) is 13.2 Å². The number of quaternary nitrogens is 1. The number of aliphatic carboxylic acids is 1. The van der Waals surface area contributed by atoms with Crippen molar-refractivity contribution in [2.24, 2.45) is 0 Å². The molecule has 0 heterocycles. The van der Waals surface area contributed by atoms with E-state index < -0.39 is 24.3 Å². The summed E-state index contributed by atoms with van der Waals surface area (Å²) in [6.45, 7) is 4.81. The van der Waals surface area contributed by atoms with Crippen LogP contribution < -0.4 is 5.11 Å². The Morgan fingerprint density at radius 3 is 0.941 bits per heavy atom. The smallest absolute Gasteiger partial charge is 0.306 e. The molecule has 0 amide bonds. The molecule has 0 saturated carbocycles. The van der Waals surface area contributed by atoms with Gasteiger partial charge < -0.3 is 33.3 Å². The monoisotopic (exact) mass is 1200 g/mol. The minimum Gasteiger partial charge on any atom is -0.545 e. The molecule has 0 aromatic heterocycles. The zero-order valence-electron chi connectivity index (χ0n) is 57.3. The number of likely N-dealkylation sites (N-methyl/N-ethyl adjacent to an activating group) is 1. The molecule has 0 aliphatic rings. The summed E-state index contributed by atoms with van der Waals surface area (Å²) in [6.07, 6.45) is 82.6. The summed E-state index contributed by atoms with van der Waals surface area (Å²) in [7, 11) is 5.95. The predicted molar refractivity (Wildman–Crippen MR) is 362 cm³/mol. The van der Waals surface area contributed by atoms with E-state index in [4.69, 9.17) is 18.9 Å². The fourth-order valence-electron chi connectivity index (χ4n) is 11.2. The van der Waals surface area contributed by atoms with Crippen molar-refractivity contribution in [2.75, 3.05) is 47.5 Å². The van der Waals surface area contributed by atoms with E-state index in [2.05, 4.69) is 50.3 Å². The quantitative estimate of drug-likeness (QED) is 0.0195. The van der Waals surface area contributed by atoms with Crippen LogP contribution in [0, 0.1) is 0 Å². The van der Waals surface area contributed by atoms with E-state index in [1.807, 2.05) is 21.1 Å². The van der Waals surface area contributed by atoms with Crippen molar-refractivity contribution in [3.8, 4) is 0 Å². The van der Waals surface area contributed by atoms with Crippen LogP contribution in [0.1, 0.15) is 373 Å². The highest BCUT2D eigenvalue weighted by Gasteiger charge is 2.22. The van der Waals surface area contributed by atoms with Crippen molar-refractivity contribution in [1.29, 1.82) is 0 Å². The number of carbonyl (C=O) groups is 3. The predicted octanol–water partition coefficient (Wildman–Crippen LogP) is 21.8. The summed E-state index contributed by atoms with van der Waals surface area (Å²) in [5.41, 5.74) is 0. The van der Waals surface area contributed by atoms with Crippen LogP contribution >= 0.6 is 0 Å². The summed E-state index contributed by atoms with van der Waals surface area (Å²) in [6, 6.07) is 0. The number of esters is 2. The number of carboxylic acid groups (broad SMARTS) is 1. The number of nitrogens with zero attached hydrogens (tertiary/aromatic N) is 1. The maximum Gasteiger partial charge on any atom is 0.306 e. The van der Waals surface area contributed by atoms with Crippen LogP contribution in [0.5, 0.6) is 0 Å². The highest BCUT2D eigenvalue weighted by molar-refractivity contribution is 5.70. The van der Waals surface area contributed by atoms with Crippen LogP contribution in [0.4, 0.5) is 0 Å². The molecule has 0 radical (unpaired) electrons. The average molecular weight is 1200 g/mol. The first kappa shape index (κ1) is 82.5. The van der Waals surface area contributed by atoms with Gasteiger partial charge in [0.15, 0.2) is 12.4 Å². The molecule has 2 atom stereocenters. The number of ether oxygens (including phenoxy) is 4. The van der Waals surface area contributed by atoms with E-state index in [0.717, 1.165) is 51.4 Å². The third-order valence-corrected chi connectivity index (χ3v) is 16.9. The van der Waals surface area contributed by atoms with Gasteiger partial charge in [0, 0.05) is 12.8 Å². The van der Waals surface area contributed by atoms with Gasteiger partial charge in [-0.25, -0.2) is 0 Å². The first-order valence-electron chi connectivity index (χ1n) is 37.1. The van der Waals surface area contributed by atoms with Gasteiger partial charge in [-0.2, -0.15) is 0 Å². The average Bonchev–Trinajstić information content (AvgIpc) is 3.49. The van der Waals surface area contributed by atoms with Crippen molar-refractivity contribution in [2.45, 2.75) is 386 Å². The van der Waals surface area contributed by atoms with E-state index in [-0.39, 0.29) is 32.2 Å². The molecule has 0 aromatic rings. The molecule has 0 rings (SSSR count). The molecule has 9 nitrogen and oxygen atoms in total. The lowest BCUT2D eigenvalue weighted by Gasteiger charge is -2.26. The lowest BCUT2D eigenvalue weighted by Crippen LogP contribution is -2.44.